The van der Waals surface area contributed by atoms with E-state index in [2.05, 4.69) is 17.3 Å². The van der Waals surface area contributed by atoms with Crippen molar-refractivity contribution in [1.82, 2.24) is 15.1 Å². The molecule has 0 aromatic carbocycles. The number of carbonyl (C=O) groups is 2. The molecule has 1 saturated heterocycles. The largest absolute Gasteiger partial charge is 0.468 e. The van der Waals surface area contributed by atoms with Crippen LogP contribution in [0.1, 0.15) is 44.9 Å². The van der Waals surface area contributed by atoms with Gasteiger partial charge in [0, 0.05) is 39.1 Å². The fourth-order valence-electron chi connectivity index (χ4n) is 3.60. The molecule has 0 aromatic heterocycles. The van der Waals surface area contributed by atoms with Crippen LogP contribution in [0, 0.1) is 0 Å². The number of hydrogen-bond donors (Lipinski definition) is 1. The first kappa shape index (κ1) is 18.2. The molecule has 2 rings (SSSR count). The van der Waals surface area contributed by atoms with Crippen LogP contribution in [-0.2, 0) is 14.3 Å². The second-order valence-corrected chi connectivity index (χ2v) is 6.85. The zero-order valence-corrected chi connectivity index (χ0v) is 14.6. The standard InChI is InChI=1S/C17H31N3O3/c1-19-11-13-20(14-12-19)15(21)7-10-18-17(16(22)23-2)8-5-3-4-6-9-17/h18H,3-14H2,1-2H3. The highest BCUT2D eigenvalue weighted by atomic mass is 16.5. The minimum absolute atomic E-state index is 0.175. The lowest BCUT2D eigenvalue weighted by Crippen LogP contribution is -2.53. The molecule has 0 bridgehead atoms. The normalized spacial score (nSPS) is 22.4. The molecule has 1 N–H and O–H groups in total. The topological polar surface area (TPSA) is 61.9 Å². The minimum atomic E-state index is -0.590. The van der Waals surface area contributed by atoms with E-state index in [9.17, 15) is 9.59 Å². The van der Waals surface area contributed by atoms with Gasteiger partial charge in [-0.25, -0.2) is 0 Å². The van der Waals surface area contributed by atoms with Gasteiger partial charge >= 0.3 is 5.97 Å². The van der Waals surface area contributed by atoms with Crippen molar-refractivity contribution in [1.29, 1.82) is 0 Å². The molecule has 1 heterocycles. The second kappa shape index (κ2) is 8.64. The highest BCUT2D eigenvalue weighted by Crippen LogP contribution is 2.28. The molecule has 1 aliphatic carbocycles. The molecular formula is C17H31N3O3. The number of likely N-dealkylation sites (N-methyl/N-ethyl adjacent to an activating group) is 1. The van der Waals surface area contributed by atoms with Gasteiger partial charge in [0.1, 0.15) is 5.54 Å². The maximum atomic E-state index is 12.3. The lowest BCUT2D eigenvalue weighted by molar-refractivity contribution is -0.149. The second-order valence-electron chi connectivity index (χ2n) is 6.85. The van der Waals surface area contributed by atoms with Gasteiger partial charge in [0.15, 0.2) is 0 Å². The summed E-state index contributed by atoms with van der Waals surface area (Å²) in [6.07, 6.45) is 6.47. The Morgan fingerprint density at radius 3 is 2.22 bits per heavy atom. The molecule has 0 aromatic rings. The maximum absolute atomic E-state index is 12.3. The van der Waals surface area contributed by atoms with E-state index in [1.807, 2.05) is 4.90 Å². The van der Waals surface area contributed by atoms with Crippen molar-refractivity contribution < 1.29 is 14.3 Å². The van der Waals surface area contributed by atoms with Gasteiger partial charge in [0.05, 0.1) is 7.11 Å². The van der Waals surface area contributed by atoms with E-state index in [4.69, 9.17) is 4.74 Å². The van der Waals surface area contributed by atoms with Crippen LogP contribution in [0.3, 0.4) is 0 Å². The van der Waals surface area contributed by atoms with Crippen molar-refractivity contribution in [3.63, 3.8) is 0 Å². The van der Waals surface area contributed by atoms with Crippen LogP contribution >= 0.6 is 0 Å². The summed E-state index contributed by atoms with van der Waals surface area (Å²) in [5, 5.41) is 3.37. The molecule has 2 aliphatic rings. The third-order valence-corrected chi connectivity index (χ3v) is 5.19. The average Bonchev–Trinajstić information content (AvgIpc) is 2.81. The third-order valence-electron chi connectivity index (χ3n) is 5.19. The van der Waals surface area contributed by atoms with Gasteiger partial charge in [-0.1, -0.05) is 25.7 Å². The van der Waals surface area contributed by atoms with Crippen LogP contribution < -0.4 is 5.32 Å². The smallest absolute Gasteiger partial charge is 0.326 e. The minimum Gasteiger partial charge on any atom is -0.468 e. The molecule has 1 saturated carbocycles. The predicted octanol–water partition coefficient (Wildman–Crippen LogP) is 1.01. The lowest BCUT2D eigenvalue weighted by atomic mass is 9.90. The SMILES string of the molecule is COC(=O)C1(NCCC(=O)N2CCN(C)CC2)CCCCCC1. The first-order valence-corrected chi connectivity index (χ1v) is 8.87. The number of hydrogen-bond acceptors (Lipinski definition) is 5. The number of piperazine rings is 1. The Morgan fingerprint density at radius 2 is 1.65 bits per heavy atom. The quantitative estimate of drug-likeness (QED) is 0.604. The van der Waals surface area contributed by atoms with E-state index in [1.54, 1.807) is 0 Å². The maximum Gasteiger partial charge on any atom is 0.326 e. The molecular weight excluding hydrogens is 294 g/mol. The van der Waals surface area contributed by atoms with Gasteiger partial charge in [-0.2, -0.15) is 0 Å². The Balaban J connectivity index is 1.83. The first-order chi connectivity index (χ1) is 11.1. The molecule has 1 amide bonds. The van der Waals surface area contributed by atoms with E-state index in [1.165, 1.54) is 20.0 Å². The monoisotopic (exact) mass is 325 g/mol. The Bertz CT molecular complexity index is 398. The van der Waals surface area contributed by atoms with Crippen molar-refractivity contribution in [2.75, 3.05) is 46.9 Å². The number of methoxy groups -OCH3 is 1. The first-order valence-electron chi connectivity index (χ1n) is 8.87. The summed E-state index contributed by atoms with van der Waals surface area (Å²) in [7, 11) is 3.53. The fourth-order valence-corrected chi connectivity index (χ4v) is 3.60. The van der Waals surface area contributed by atoms with Crippen LogP contribution in [0.4, 0.5) is 0 Å². The number of nitrogens with one attached hydrogen (secondary N) is 1. The summed E-state index contributed by atoms with van der Waals surface area (Å²) >= 11 is 0. The summed E-state index contributed by atoms with van der Waals surface area (Å²) < 4.78 is 5.03. The molecule has 2 fully saturated rings. The zero-order valence-electron chi connectivity index (χ0n) is 14.6. The van der Waals surface area contributed by atoms with Gasteiger partial charge in [0.2, 0.25) is 5.91 Å². The molecule has 1 aliphatic heterocycles. The number of carbonyl (C=O) groups excluding carboxylic acids is 2. The Labute approximate surface area is 139 Å². The van der Waals surface area contributed by atoms with Crippen molar-refractivity contribution in [3.05, 3.63) is 0 Å². The summed E-state index contributed by atoms with van der Waals surface area (Å²) in [5.41, 5.74) is -0.590. The number of amides is 1. The molecule has 23 heavy (non-hydrogen) atoms. The molecule has 6 nitrogen and oxygen atoms in total. The molecule has 0 unspecified atom stereocenters. The number of rotatable bonds is 5. The highest BCUT2D eigenvalue weighted by Gasteiger charge is 2.39. The summed E-state index contributed by atoms with van der Waals surface area (Å²) in [4.78, 5) is 28.7. The highest BCUT2D eigenvalue weighted by molar-refractivity contribution is 5.81. The Morgan fingerprint density at radius 1 is 1.04 bits per heavy atom. The van der Waals surface area contributed by atoms with Crippen molar-refractivity contribution in [2.24, 2.45) is 0 Å². The van der Waals surface area contributed by atoms with E-state index < -0.39 is 5.54 Å². The van der Waals surface area contributed by atoms with E-state index in [-0.39, 0.29) is 11.9 Å². The van der Waals surface area contributed by atoms with Crippen molar-refractivity contribution >= 4 is 11.9 Å². The number of esters is 1. The predicted molar refractivity (Wildman–Crippen MR) is 89.1 cm³/mol. The van der Waals surface area contributed by atoms with Gasteiger partial charge in [0.25, 0.3) is 0 Å². The van der Waals surface area contributed by atoms with Crippen molar-refractivity contribution in [2.45, 2.75) is 50.5 Å². The Kier molecular flexibility index (Phi) is 6.84. The van der Waals surface area contributed by atoms with Gasteiger partial charge < -0.3 is 19.9 Å². The molecule has 0 spiro atoms. The average molecular weight is 325 g/mol. The van der Waals surface area contributed by atoms with Gasteiger partial charge in [-0.05, 0) is 19.9 Å². The molecule has 0 radical (unpaired) electrons. The van der Waals surface area contributed by atoms with E-state index in [0.717, 1.165) is 51.9 Å². The fraction of sp³-hybridized carbons (Fsp3) is 0.882. The molecule has 0 atom stereocenters. The molecule has 6 heteroatoms. The van der Waals surface area contributed by atoms with Gasteiger partial charge in [-0.3, -0.25) is 9.59 Å². The third kappa shape index (κ3) is 4.91. The van der Waals surface area contributed by atoms with E-state index >= 15 is 0 Å². The number of ether oxygens (including phenoxy) is 1. The van der Waals surface area contributed by atoms with Gasteiger partial charge in [-0.15, -0.1) is 0 Å². The van der Waals surface area contributed by atoms with Crippen LogP contribution in [0.2, 0.25) is 0 Å². The van der Waals surface area contributed by atoms with Crippen LogP contribution in [0.25, 0.3) is 0 Å². The van der Waals surface area contributed by atoms with Crippen molar-refractivity contribution in [3.8, 4) is 0 Å². The number of nitrogens with zero attached hydrogens (tertiary/aromatic N) is 2. The zero-order chi connectivity index (χ0) is 16.7. The summed E-state index contributed by atoms with van der Waals surface area (Å²) in [6, 6.07) is 0. The van der Waals surface area contributed by atoms with E-state index in [0.29, 0.717) is 13.0 Å². The van der Waals surface area contributed by atoms with Crippen LogP contribution in [0.5, 0.6) is 0 Å². The van der Waals surface area contributed by atoms with Crippen LogP contribution in [0.15, 0.2) is 0 Å². The Hall–Kier alpha value is -1.14. The van der Waals surface area contributed by atoms with Crippen LogP contribution in [-0.4, -0.2) is 74.1 Å². The lowest BCUT2D eigenvalue weighted by Gasteiger charge is -2.34. The summed E-state index contributed by atoms with van der Waals surface area (Å²) in [6.45, 7) is 4.02. The summed E-state index contributed by atoms with van der Waals surface area (Å²) in [5.74, 6) is 0.00526. The molecule has 132 valence electrons.